The molecule has 28 heteroatoms. The molecule has 0 aliphatic carbocycles. The molecule has 89 heavy (non-hydrogen) atoms. The number of ether oxygens (including phenoxy) is 2. The maximum absolute atomic E-state index is 14.7. The van der Waals surface area contributed by atoms with Crippen LogP contribution < -0.4 is 28.7 Å². The third kappa shape index (κ3) is 9.75. The Balaban J connectivity index is 0.000000165. The molecule has 2 N–H and O–H groups in total. The summed E-state index contributed by atoms with van der Waals surface area (Å²) in [4.78, 5) is 43.6. The summed E-state index contributed by atoms with van der Waals surface area (Å²) < 4.78 is 151. The van der Waals surface area contributed by atoms with Gasteiger partial charge in [-0.2, -0.15) is 13.2 Å². The molecule has 0 unspecified atom stereocenters. The van der Waals surface area contributed by atoms with Crippen LogP contribution in [0.1, 0.15) is 26.4 Å². The lowest BCUT2D eigenvalue weighted by molar-refractivity contribution is -0.141. The number of nitrogens with one attached hydrogen (secondary N) is 2. The van der Waals surface area contributed by atoms with Crippen LogP contribution in [0.3, 0.4) is 0 Å². The molecule has 21 nitrogen and oxygen atoms in total. The Morgan fingerprint density at radius 1 is 0.629 bits per heavy atom. The summed E-state index contributed by atoms with van der Waals surface area (Å²) in [6.45, 7) is 0.308. The fourth-order valence-electron chi connectivity index (χ4n) is 10.9. The van der Waals surface area contributed by atoms with Crippen molar-refractivity contribution < 1.29 is 66.7 Å². The Labute approximate surface area is 501 Å². The summed E-state index contributed by atoms with van der Waals surface area (Å²) in [5, 5.41) is 6.68. The fraction of sp³-hybridized carbons (Fsp3) is 0.148. The number of amides is 2. The molecule has 0 fully saturated rings. The van der Waals surface area contributed by atoms with Gasteiger partial charge in [0.15, 0.2) is 13.5 Å². The molecule has 452 valence electrons. The van der Waals surface area contributed by atoms with E-state index >= 15 is 0 Å². The molecule has 0 saturated heterocycles. The number of alkyl halides is 3. The van der Waals surface area contributed by atoms with Crippen LogP contribution in [0.5, 0.6) is 11.5 Å². The van der Waals surface area contributed by atoms with Gasteiger partial charge in [-0.1, -0.05) is 12.1 Å². The quantitative estimate of drug-likeness (QED) is 0.121. The average molecular weight is 1250 g/mol. The number of hydrogen-bond donors (Lipinski definition) is 2. The van der Waals surface area contributed by atoms with Crippen molar-refractivity contribution in [1.82, 2.24) is 44.3 Å². The van der Waals surface area contributed by atoms with Gasteiger partial charge in [0.2, 0.25) is 25.9 Å². The van der Waals surface area contributed by atoms with Gasteiger partial charge in [0.1, 0.15) is 69.0 Å². The van der Waals surface area contributed by atoms with E-state index in [0.717, 1.165) is 39.5 Å². The topological polar surface area (TPSA) is 244 Å². The first kappa shape index (κ1) is 57.5. The lowest BCUT2D eigenvalue weighted by atomic mass is 10.0. The molecule has 0 radical (unpaired) electrons. The number of pyridine rings is 3. The molecule has 12 aromatic rings. The van der Waals surface area contributed by atoms with E-state index in [0.29, 0.717) is 84.0 Å². The SMILES string of the molecule is CNC(=O)c1c(-c2ccc(C(F)(F)F)nc2)oc2cc(N(C)S(C)(=O)=O)c(-c3ccc4c(n3)-c3cc5c(F)cccc5n3CO4)cc12.CNC(=O)c1c(-n2ccnc2)oc2cc(N(C)S(C)(=O)=O)c(-c3ccc4c(n3)-c3cc5c(F)cccc5n3CO4)cc12. The van der Waals surface area contributed by atoms with E-state index in [4.69, 9.17) is 28.3 Å². The largest absolute Gasteiger partial charge is 0.470 e. The number of halogens is 5. The Hall–Kier alpha value is -10.6. The van der Waals surface area contributed by atoms with Crippen LogP contribution >= 0.6 is 0 Å². The summed E-state index contributed by atoms with van der Waals surface area (Å²) >= 11 is 0. The average Bonchev–Trinajstić information content (AvgIpc) is 1.73. The summed E-state index contributed by atoms with van der Waals surface area (Å²) in [5.74, 6) is -0.678. The van der Waals surface area contributed by atoms with Crippen molar-refractivity contribution in [2.24, 2.45) is 0 Å². The standard InChI is InChI=1S/C32H23F4N5O5S.C29H23FN6O5S/c1-37-31(42)28-19-11-18(21-8-9-25-29(39-21)24-12-17-20(33)5-4-6-22(17)41(24)15-45-25)23(40(2)47(3,43)44)13-26(19)46-30(28)16-7-10-27(38-14-16)32(34,35)36;1-31-28(37)26-18-11-17(22(34(2)42(3,38)39)13-25(18)41-29(26)35-10-9-32-14-35)20-7-8-24-27(33-20)23-12-16-19(30)5-4-6-21(16)36(23)15-40-24/h4-14H,15H2,1-3H3,(H,37,42);4-14H,15H2,1-3H3,(H,31,37). The third-order valence-corrected chi connectivity index (χ3v) is 17.9. The molecular formula is C61H46F5N11O10S2. The van der Waals surface area contributed by atoms with E-state index in [1.165, 1.54) is 58.8 Å². The van der Waals surface area contributed by atoms with Gasteiger partial charge in [-0.15, -0.1) is 0 Å². The molecule has 2 aliphatic heterocycles. The van der Waals surface area contributed by atoms with Crippen molar-refractivity contribution in [3.8, 4) is 74.0 Å². The zero-order chi connectivity index (χ0) is 62.7. The number of carbonyl (C=O) groups is 2. The van der Waals surface area contributed by atoms with E-state index in [1.807, 2.05) is 10.6 Å². The van der Waals surface area contributed by atoms with E-state index in [-0.39, 0.29) is 75.5 Å². The number of hydrogen-bond acceptors (Lipinski definition) is 14. The van der Waals surface area contributed by atoms with Gasteiger partial charge in [0.25, 0.3) is 11.8 Å². The highest BCUT2D eigenvalue weighted by Crippen LogP contribution is 2.46. The fourth-order valence-corrected chi connectivity index (χ4v) is 11.9. The molecule has 0 bridgehead atoms. The highest BCUT2D eigenvalue weighted by molar-refractivity contribution is 7.92. The lowest BCUT2D eigenvalue weighted by Gasteiger charge is -2.23. The molecule has 8 aromatic heterocycles. The Kier molecular flexibility index (Phi) is 13.6. The molecule has 0 spiro atoms. The van der Waals surface area contributed by atoms with Crippen molar-refractivity contribution in [2.45, 2.75) is 19.6 Å². The predicted octanol–water partition coefficient (Wildman–Crippen LogP) is 11.0. The first-order chi connectivity index (χ1) is 42.4. The third-order valence-electron chi connectivity index (χ3n) is 15.5. The van der Waals surface area contributed by atoms with Gasteiger partial charge in [0.05, 0.1) is 63.3 Å². The second-order valence-electron chi connectivity index (χ2n) is 20.7. The van der Waals surface area contributed by atoms with Crippen molar-refractivity contribution in [2.75, 3.05) is 49.3 Å². The molecule has 4 aromatic carbocycles. The van der Waals surface area contributed by atoms with Gasteiger partial charge < -0.3 is 38.1 Å². The Morgan fingerprint density at radius 3 is 1.60 bits per heavy atom. The highest BCUT2D eigenvalue weighted by atomic mass is 32.2. The van der Waals surface area contributed by atoms with Crippen molar-refractivity contribution in [3.63, 3.8) is 0 Å². The Bertz CT molecular complexity index is 5180. The van der Waals surface area contributed by atoms with Gasteiger partial charge in [-0.25, -0.2) is 40.6 Å². The second kappa shape index (κ2) is 21.1. The van der Waals surface area contributed by atoms with Crippen LogP contribution in [0.15, 0.2) is 143 Å². The molecular weight excluding hydrogens is 1210 g/mol. The number of imidazole rings is 1. The number of furan rings is 2. The van der Waals surface area contributed by atoms with E-state index in [9.17, 15) is 48.4 Å². The monoisotopic (exact) mass is 1250 g/mol. The summed E-state index contributed by atoms with van der Waals surface area (Å²) in [5.41, 5.74) is 4.83. The van der Waals surface area contributed by atoms with Gasteiger partial charge in [-0.3, -0.25) is 27.8 Å². The molecule has 10 heterocycles. The number of fused-ring (bicyclic) bond motifs is 12. The van der Waals surface area contributed by atoms with Crippen molar-refractivity contribution >= 4 is 87.0 Å². The molecule has 2 aliphatic rings. The maximum atomic E-state index is 14.7. The van der Waals surface area contributed by atoms with Gasteiger partial charge in [-0.05, 0) is 84.9 Å². The van der Waals surface area contributed by atoms with Crippen LogP contribution in [0.2, 0.25) is 0 Å². The summed E-state index contributed by atoms with van der Waals surface area (Å²) in [6, 6.07) is 27.8. The van der Waals surface area contributed by atoms with E-state index in [2.05, 4.69) is 20.6 Å². The molecule has 0 atom stereocenters. The zero-order valence-corrected chi connectivity index (χ0v) is 49.1. The number of nitrogens with zero attached hydrogens (tertiary/aromatic N) is 9. The van der Waals surface area contributed by atoms with Crippen molar-refractivity contribution in [1.29, 1.82) is 0 Å². The number of anilines is 2. The molecule has 2 amide bonds. The van der Waals surface area contributed by atoms with E-state index < -0.39 is 49.5 Å². The van der Waals surface area contributed by atoms with Crippen molar-refractivity contribution in [3.05, 3.63) is 163 Å². The predicted molar refractivity (Wildman–Crippen MR) is 321 cm³/mol. The van der Waals surface area contributed by atoms with E-state index in [1.54, 1.807) is 88.3 Å². The highest BCUT2D eigenvalue weighted by Gasteiger charge is 2.34. The minimum Gasteiger partial charge on any atom is -0.470 e. The number of rotatable bonds is 10. The van der Waals surface area contributed by atoms with Crippen LogP contribution in [0, 0.1) is 11.6 Å². The van der Waals surface area contributed by atoms with Crippen LogP contribution in [0.4, 0.5) is 33.3 Å². The normalized spacial score (nSPS) is 12.8. The second-order valence-corrected chi connectivity index (χ2v) is 24.8. The lowest BCUT2D eigenvalue weighted by Crippen LogP contribution is -2.25. The number of sulfonamides is 2. The number of aromatic nitrogens is 7. The van der Waals surface area contributed by atoms with Gasteiger partial charge >= 0.3 is 6.18 Å². The van der Waals surface area contributed by atoms with Crippen LogP contribution in [-0.2, 0) is 39.7 Å². The smallest absolute Gasteiger partial charge is 0.433 e. The van der Waals surface area contributed by atoms with Crippen LogP contribution in [-0.4, -0.2) is 103 Å². The minimum absolute atomic E-state index is 0.00392. The van der Waals surface area contributed by atoms with Gasteiger partial charge in [0, 0.05) is 97.1 Å². The minimum atomic E-state index is -4.68. The number of carbonyl (C=O) groups excluding carboxylic acids is 2. The van der Waals surface area contributed by atoms with Crippen LogP contribution in [0.25, 0.3) is 106 Å². The maximum Gasteiger partial charge on any atom is 0.433 e. The Morgan fingerprint density at radius 2 is 1.13 bits per heavy atom. The first-order valence-corrected chi connectivity index (χ1v) is 30.5. The number of benzene rings is 4. The summed E-state index contributed by atoms with van der Waals surface area (Å²) in [7, 11) is -1.88. The first-order valence-electron chi connectivity index (χ1n) is 26.8. The molecule has 0 saturated carbocycles. The summed E-state index contributed by atoms with van der Waals surface area (Å²) in [6.07, 6.45) is 3.08. The zero-order valence-electron chi connectivity index (χ0n) is 47.4. The molecule has 14 rings (SSSR count).